The van der Waals surface area contributed by atoms with Gasteiger partial charge in [0.15, 0.2) is 0 Å². The van der Waals surface area contributed by atoms with Crippen molar-refractivity contribution in [3.63, 3.8) is 0 Å². The smallest absolute Gasteiger partial charge is 0.379 e. The van der Waals surface area contributed by atoms with E-state index < -0.39 is 17.4 Å². The van der Waals surface area contributed by atoms with Crippen LogP contribution in [-0.2, 0) is 29.8 Å². The van der Waals surface area contributed by atoms with Crippen LogP contribution in [0.4, 0.5) is 13.2 Å². The summed E-state index contributed by atoms with van der Waals surface area (Å²) < 4.78 is 52.4. The zero-order chi connectivity index (χ0) is 26.7. The van der Waals surface area contributed by atoms with Crippen molar-refractivity contribution in [1.29, 1.82) is 0 Å². The molecule has 1 fully saturated rings. The molecule has 198 valence electrons. The number of benzene rings is 1. The number of ether oxygens (including phenoxy) is 1. The van der Waals surface area contributed by atoms with Crippen LogP contribution in [0.5, 0.6) is 0 Å². The summed E-state index contributed by atoms with van der Waals surface area (Å²) in [4.78, 5) is 15.6. The van der Waals surface area contributed by atoms with Crippen LogP contribution in [0.2, 0.25) is 0 Å². The van der Waals surface area contributed by atoms with Gasteiger partial charge in [0.2, 0.25) is 0 Å². The van der Waals surface area contributed by atoms with Crippen LogP contribution in [0.25, 0.3) is 16.8 Å². The highest BCUT2D eigenvalue weighted by molar-refractivity contribution is 5.71. The molecule has 0 spiro atoms. The van der Waals surface area contributed by atoms with E-state index in [1.165, 1.54) is 17.0 Å². The fourth-order valence-corrected chi connectivity index (χ4v) is 5.35. The first-order valence-electron chi connectivity index (χ1n) is 12.4. The van der Waals surface area contributed by atoms with E-state index in [4.69, 9.17) is 4.74 Å². The first-order valence-corrected chi connectivity index (χ1v) is 12.4. The third kappa shape index (κ3) is 4.15. The lowest BCUT2D eigenvalue weighted by atomic mass is 9.75. The summed E-state index contributed by atoms with van der Waals surface area (Å²) in [6.45, 7) is 2.31. The van der Waals surface area contributed by atoms with Crippen molar-refractivity contribution in [2.75, 3.05) is 33.4 Å². The van der Waals surface area contributed by atoms with Crippen molar-refractivity contribution in [2.45, 2.75) is 24.4 Å². The maximum Gasteiger partial charge on any atom is 0.418 e. The summed E-state index contributed by atoms with van der Waals surface area (Å²) in [6, 6.07) is 8.50. The molecule has 0 saturated carbocycles. The molecule has 0 unspecified atom stereocenters. The van der Waals surface area contributed by atoms with Crippen molar-refractivity contribution in [2.24, 2.45) is 7.05 Å². The van der Waals surface area contributed by atoms with Gasteiger partial charge in [0, 0.05) is 44.4 Å². The summed E-state index contributed by atoms with van der Waals surface area (Å²) >= 11 is 0. The number of hydrogen-bond acceptors (Lipinski definition) is 5. The molecule has 0 bridgehead atoms. The van der Waals surface area contributed by atoms with E-state index in [0.29, 0.717) is 37.4 Å². The quantitative estimate of drug-likeness (QED) is 0.400. The molecule has 11 heteroatoms. The Morgan fingerprint density at radius 1 is 1.13 bits per heavy atom. The molecule has 0 atom stereocenters. The fraction of sp³-hybridized carbons (Fsp3) is 0.370. The fourth-order valence-electron chi connectivity index (χ4n) is 5.35. The van der Waals surface area contributed by atoms with Gasteiger partial charge in [-0.15, -0.1) is 10.2 Å². The van der Waals surface area contributed by atoms with Gasteiger partial charge in [-0.05, 0) is 48.4 Å². The number of halogens is 3. The average molecular weight is 525 g/mol. The normalized spacial score (nSPS) is 18.0. The summed E-state index contributed by atoms with van der Waals surface area (Å²) in [5, 5.41) is 8.16. The van der Waals surface area contributed by atoms with E-state index in [0.717, 1.165) is 40.4 Å². The van der Waals surface area contributed by atoms with Gasteiger partial charge < -0.3 is 14.2 Å². The van der Waals surface area contributed by atoms with Gasteiger partial charge in [-0.2, -0.15) is 13.2 Å². The second-order valence-corrected chi connectivity index (χ2v) is 10.3. The van der Waals surface area contributed by atoms with Crippen LogP contribution < -0.4 is 5.69 Å². The third-order valence-electron chi connectivity index (χ3n) is 7.58. The maximum absolute atomic E-state index is 14.2. The molecule has 6 rings (SSSR count). The van der Waals surface area contributed by atoms with E-state index in [1.807, 2.05) is 47.8 Å². The van der Waals surface area contributed by atoms with Gasteiger partial charge in [-0.1, -0.05) is 18.2 Å². The van der Waals surface area contributed by atoms with Crippen molar-refractivity contribution in [3.05, 3.63) is 88.1 Å². The summed E-state index contributed by atoms with van der Waals surface area (Å²) in [5.41, 5.74) is 0.683. The summed E-state index contributed by atoms with van der Waals surface area (Å²) in [7, 11) is 3.80. The predicted octanol–water partition coefficient (Wildman–Crippen LogP) is 3.47. The number of rotatable bonds is 5. The standard InChI is InChI=1S/C27H27F3N6O2/c1-33-8-4-5-18(12-33)19-9-22(27(28,29)30)23-14-35(25(37)36(23)13-19)21-7-3-6-20(10-21)26(15-38-16-26)11-24-32-31-17-34(24)2/h3,5-7,9-10,13-14,17H,4,8,11-12,15-16H2,1-2H3. The maximum atomic E-state index is 14.2. The van der Waals surface area contributed by atoms with Gasteiger partial charge in [-0.3, -0.25) is 8.97 Å². The molecule has 0 aliphatic carbocycles. The Labute approximate surface area is 216 Å². The Bertz CT molecular complexity index is 1610. The SMILES string of the molecule is CN1CCC=C(c2cc(C(F)(F)F)c3cn(-c4cccc(C5(Cc6nncn6C)COC5)c4)c(=O)n3c2)C1. The largest absolute Gasteiger partial charge is 0.418 e. The molecule has 0 N–H and O–H groups in total. The molecule has 38 heavy (non-hydrogen) atoms. The average Bonchev–Trinajstić information content (AvgIpc) is 3.42. The zero-order valence-corrected chi connectivity index (χ0v) is 21.1. The van der Waals surface area contributed by atoms with E-state index in [-0.39, 0.29) is 10.9 Å². The first-order chi connectivity index (χ1) is 18.1. The highest BCUT2D eigenvalue weighted by atomic mass is 19.4. The van der Waals surface area contributed by atoms with Crippen LogP contribution in [-0.4, -0.2) is 62.0 Å². The van der Waals surface area contributed by atoms with Crippen molar-refractivity contribution in [1.82, 2.24) is 28.6 Å². The Kier molecular flexibility index (Phi) is 5.80. The van der Waals surface area contributed by atoms with Gasteiger partial charge in [0.1, 0.15) is 12.2 Å². The lowest BCUT2D eigenvalue weighted by molar-refractivity contribution is -0.136. The predicted molar refractivity (Wildman–Crippen MR) is 135 cm³/mol. The summed E-state index contributed by atoms with van der Waals surface area (Å²) in [6.07, 6.45) is 3.10. The topological polar surface area (TPSA) is 69.6 Å². The van der Waals surface area contributed by atoms with Crippen molar-refractivity contribution >= 4 is 11.1 Å². The second kappa shape index (κ2) is 8.95. The van der Waals surface area contributed by atoms with Gasteiger partial charge in [0.25, 0.3) is 0 Å². The number of aryl methyl sites for hydroxylation is 1. The highest BCUT2D eigenvalue weighted by Crippen LogP contribution is 2.37. The zero-order valence-electron chi connectivity index (χ0n) is 21.1. The lowest BCUT2D eigenvalue weighted by Crippen LogP contribution is -2.49. The van der Waals surface area contributed by atoms with Crippen LogP contribution in [0.3, 0.4) is 0 Å². The third-order valence-corrected chi connectivity index (χ3v) is 7.58. The van der Waals surface area contributed by atoms with Crippen LogP contribution in [0.1, 0.15) is 28.9 Å². The first kappa shape index (κ1) is 24.6. The Hall–Kier alpha value is -3.70. The van der Waals surface area contributed by atoms with Crippen LogP contribution in [0.15, 0.2) is 59.9 Å². The molecule has 2 aliphatic rings. The minimum absolute atomic E-state index is 0.179. The Balaban J connectivity index is 1.46. The van der Waals surface area contributed by atoms with Crippen LogP contribution >= 0.6 is 0 Å². The van der Waals surface area contributed by atoms with E-state index in [1.54, 1.807) is 12.4 Å². The molecule has 1 saturated heterocycles. The monoisotopic (exact) mass is 524 g/mol. The van der Waals surface area contributed by atoms with Gasteiger partial charge in [0.05, 0.1) is 30.0 Å². The number of pyridine rings is 1. The number of likely N-dealkylation sites (N-methyl/N-ethyl adjacent to an activating group) is 1. The number of fused-ring (bicyclic) bond motifs is 1. The molecule has 1 aromatic carbocycles. The molecule has 2 aliphatic heterocycles. The summed E-state index contributed by atoms with van der Waals surface area (Å²) in [5.74, 6) is 0.801. The van der Waals surface area contributed by atoms with Crippen LogP contribution in [0, 0.1) is 0 Å². The molecule has 4 aromatic rings. The Morgan fingerprint density at radius 3 is 2.61 bits per heavy atom. The number of alkyl halides is 3. The molecule has 0 radical (unpaired) electrons. The Morgan fingerprint density at radius 2 is 1.95 bits per heavy atom. The highest BCUT2D eigenvalue weighted by Gasteiger charge is 2.42. The molecule has 5 heterocycles. The van der Waals surface area contributed by atoms with Crippen molar-refractivity contribution in [3.8, 4) is 5.69 Å². The molecule has 3 aromatic heterocycles. The number of aromatic nitrogens is 5. The number of hydrogen-bond donors (Lipinski definition) is 0. The van der Waals surface area contributed by atoms with E-state index in [9.17, 15) is 18.0 Å². The van der Waals surface area contributed by atoms with E-state index >= 15 is 0 Å². The molecule has 0 amide bonds. The number of imidazole rings is 1. The lowest BCUT2D eigenvalue weighted by Gasteiger charge is -2.41. The minimum Gasteiger partial charge on any atom is -0.379 e. The minimum atomic E-state index is -4.62. The van der Waals surface area contributed by atoms with Crippen molar-refractivity contribution < 1.29 is 17.9 Å². The molecular weight excluding hydrogens is 497 g/mol. The van der Waals surface area contributed by atoms with Gasteiger partial charge >= 0.3 is 11.9 Å². The second-order valence-electron chi connectivity index (χ2n) is 10.3. The number of nitrogens with zero attached hydrogens (tertiary/aromatic N) is 6. The van der Waals surface area contributed by atoms with Gasteiger partial charge in [-0.25, -0.2) is 4.79 Å². The molecule has 8 nitrogen and oxygen atoms in total. The van der Waals surface area contributed by atoms with E-state index in [2.05, 4.69) is 10.2 Å². The molecular formula is C27H27F3N6O2.